The van der Waals surface area contributed by atoms with Crippen molar-refractivity contribution in [2.24, 2.45) is 0 Å². The second-order valence-electron chi connectivity index (χ2n) is 6.90. The molecule has 2 heterocycles. The van der Waals surface area contributed by atoms with Gasteiger partial charge in [0.1, 0.15) is 0 Å². The highest BCUT2D eigenvalue weighted by atomic mass is 35.5. The van der Waals surface area contributed by atoms with Crippen molar-refractivity contribution in [2.75, 3.05) is 26.7 Å². The first kappa shape index (κ1) is 18.9. The summed E-state index contributed by atoms with van der Waals surface area (Å²) in [5.41, 5.74) is 2.03. The molecule has 2 aromatic rings. The van der Waals surface area contributed by atoms with Gasteiger partial charge in [0.2, 0.25) is 0 Å². The molecule has 1 aromatic carbocycles. The topological polar surface area (TPSA) is 61.6 Å². The highest BCUT2D eigenvalue weighted by Crippen LogP contribution is 2.18. The molecule has 3 rings (SSSR count). The van der Waals surface area contributed by atoms with E-state index in [4.69, 9.17) is 16.7 Å². The van der Waals surface area contributed by atoms with Crippen LogP contribution in [0.5, 0.6) is 0 Å². The minimum atomic E-state index is -0.763. The fraction of sp³-hybridized carbons (Fsp3) is 0.474. The maximum Gasteiger partial charge on any atom is 0.317 e. The third kappa shape index (κ3) is 5.06. The second-order valence-corrected chi connectivity index (χ2v) is 7.33. The highest BCUT2D eigenvalue weighted by Gasteiger charge is 2.22. The molecule has 0 spiro atoms. The highest BCUT2D eigenvalue weighted by molar-refractivity contribution is 6.30. The van der Waals surface area contributed by atoms with Crippen LogP contribution in [0, 0.1) is 0 Å². The Hall–Kier alpha value is -1.89. The van der Waals surface area contributed by atoms with Crippen LogP contribution in [0.25, 0.3) is 5.69 Å². The molecule has 26 heavy (non-hydrogen) atoms. The minimum Gasteiger partial charge on any atom is -0.480 e. The van der Waals surface area contributed by atoms with Crippen LogP contribution in [0.4, 0.5) is 0 Å². The summed E-state index contributed by atoms with van der Waals surface area (Å²) in [5.74, 6) is -0.763. The number of halogens is 1. The second kappa shape index (κ2) is 8.66. The standard InChI is InChI=1S/C19H25ClN4O2/c1-22(14-19(25)26)17-3-2-10-23(11-9-17)13-16-8-12-24(21-16)18-6-4-15(20)5-7-18/h4-8,12,17H,2-3,9-11,13-14H2,1H3,(H,25,26). The van der Waals surface area contributed by atoms with E-state index in [0.29, 0.717) is 11.1 Å². The number of carboxylic acid groups (broad SMARTS) is 1. The lowest BCUT2D eigenvalue weighted by molar-refractivity contribution is -0.138. The zero-order valence-electron chi connectivity index (χ0n) is 15.0. The van der Waals surface area contributed by atoms with E-state index in [1.807, 2.05) is 53.2 Å². The Labute approximate surface area is 159 Å². The predicted octanol–water partition coefficient (Wildman–Crippen LogP) is 2.90. The Morgan fingerprint density at radius 2 is 2.04 bits per heavy atom. The van der Waals surface area contributed by atoms with E-state index >= 15 is 0 Å². The maximum absolute atomic E-state index is 10.9. The SMILES string of the molecule is CN(CC(=O)O)C1CCCN(Cc2ccn(-c3ccc(Cl)cc3)n2)CC1. The van der Waals surface area contributed by atoms with Gasteiger partial charge in [0.05, 0.1) is 17.9 Å². The first-order valence-corrected chi connectivity index (χ1v) is 9.34. The number of carbonyl (C=O) groups is 1. The first-order chi connectivity index (χ1) is 12.5. The van der Waals surface area contributed by atoms with Gasteiger partial charge in [-0.15, -0.1) is 0 Å². The molecular formula is C19H25ClN4O2. The smallest absolute Gasteiger partial charge is 0.317 e. The molecule has 1 N–H and O–H groups in total. The average molecular weight is 377 g/mol. The predicted molar refractivity (Wildman–Crippen MR) is 102 cm³/mol. The van der Waals surface area contributed by atoms with E-state index in [1.54, 1.807) is 0 Å². The molecule has 1 saturated heterocycles. The number of carboxylic acids is 1. The fourth-order valence-corrected chi connectivity index (χ4v) is 3.62. The van der Waals surface area contributed by atoms with Crippen molar-refractivity contribution in [3.05, 3.63) is 47.2 Å². The van der Waals surface area contributed by atoms with Crippen LogP contribution in [0.2, 0.25) is 5.02 Å². The molecule has 1 aliphatic rings. The van der Waals surface area contributed by atoms with Crippen LogP contribution in [0.1, 0.15) is 25.0 Å². The van der Waals surface area contributed by atoms with Crippen molar-refractivity contribution in [3.8, 4) is 5.69 Å². The summed E-state index contributed by atoms with van der Waals surface area (Å²) in [7, 11) is 1.90. The number of benzene rings is 1. The summed E-state index contributed by atoms with van der Waals surface area (Å²) >= 11 is 5.94. The Bertz CT molecular complexity index is 731. The minimum absolute atomic E-state index is 0.107. The van der Waals surface area contributed by atoms with Gasteiger partial charge in [0, 0.05) is 30.4 Å². The molecule has 1 fully saturated rings. The average Bonchev–Trinajstić information content (AvgIpc) is 2.93. The number of nitrogens with zero attached hydrogens (tertiary/aromatic N) is 4. The van der Waals surface area contributed by atoms with Crippen LogP contribution in [0.15, 0.2) is 36.5 Å². The zero-order chi connectivity index (χ0) is 18.5. The Kier molecular flexibility index (Phi) is 6.29. The van der Waals surface area contributed by atoms with Crippen LogP contribution in [-0.2, 0) is 11.3 Å². The molecule has 6 nitrogen and oxygen atoms in total. The normalized spacial score (nSPS) is 18.8. The van der Waals surface area contributed by atoms with Crippen molar-refractivity contribution < 1.29 is 9.90 Å². The number of likely N-dealkylation sites (tertiary alicyclic amines) is 1. The van der Waals surface area contributed by atoms with Gasteiger partial charge in [0.15, 0.2) is 0 Å². The monoisotopic (exact) mass is 376 g/mol. The van der Waals surface area contributed by atoms with E-state index in [9.17, 15) is 4.79 Å². The molecule has 1 aliphatic heterocycles. The third-order valence-electron chi connectivity index (χ3n) is 4.92. The quantitative estimate of drug-likeness (QED) is 0.839. The number of likely N-dealkylation sites (N-methyl/N-ethyl adjacent to an activating group) is 1. The first-order valence-electron chi connectivity index (χ1n) is 8.96. The molecule has 1 atom stereocenters. The molecule has 1 unspecified atom stereocenters. The zero-order valence-corrected chi connectivity index (χ0v) is 15.8. The largest absolute Gasteiger partial charge is 0.480 e. The number of hydrogen-bond acceptors (Lipinski definition) is 4. The van der Waals surface area contributed by atoms with Gasteiger partial charge >= 0.3 is 5.97 Å². The summed E-state index contributed by atoms with van der Waals surface area (Å²) in [6, 6.07) is 10.0. The van der Waals surface area contributed by atoms with Crippen LogP contribution >= 0.6 is 11.6 Å². The lowest BCUT2D eigenvalue weighted by atomic mass is 10.1. The molecule has 0 aliphatic carbocycles. The molecule has 140 valence electrons. The van der Waals surface area contributed by atoms with Crippen LogP contribution < -0.4 is 0 Å². The molecular weight excluding hydrogens is 352 g/mol. The van der Waals surface area contributed by atoms with E-state index in [-0.39, 0.29) is 6.54 Å². The molecule has 0 radical (unpaired) electrons. The van der Waals surface area contributed by atoms with Crippen molar-refractivity contribution in [1.82, 2.24) is 19.6 Å². The van der Waals surface area contributed by atoms with Gasteiger partial charge in [-0.1, -0.05) is 11.6 Å². The lowest BCUT2D eigenvalue weighted by Gasteiger charge is -2.25. The molecule has 0 amide bonds. The summed E-state index contributed by atoms with van der Waals surface area (Å²) < 4.78 is 1.87. The van der Waals surface area contributed by atoms with Gasteiger partial charge in [-0.25, -0.2) is 4.68 Å². The van der Waals surface area contributed by atoms with E-state index in [0.717, 1.165) is 50.3 Å². The number of aliphatic carboxylic acids is 1. The Morgan fingerprint density at radius 1 is 1.27 bits per heavy atom. The summed E-state index contributed by atoms with van der Waals surface area (Å²) in [4.78, 5) is 15.3. The Morgan fingerprint density at radius 3 is 2.77 bits per heavy atom. The van der Waals surface area contributed by atoms with Gasteiger partial charge in [-0.3, -0.25) is 14.6 Å². The Balaban J connectivity index is 1.56. The molecule has 0 bridgehead atoms. The van der Waals surface area contributed by atoms with E-state index in [1.165, 1.54) is 0 Å². The third-order valence-corrected chi connectivity index (χ3v) is 5.17. The number of rotatable bonds is 6. The van der Waals surface area contributed by atoms with Crippen molar-refractivity contribution in [3.63, 3.8) is 0 Å². The summed E-state index contributed by atoms with van der Waals surface area (Å²) in [6.45, 7) is 2.90. The van der Waals surface area contributed by atoms with Gasteiger partial charge in [-0.05, 0) is 63.2 Å². The van der Waals surface area contributed by atoms with E-state index < -0.39 is 5.97 Å². The lowest BCUT2D eigenvalue weighted by Crippen LogP contribution is -2.36. The maximum atomic E-state index is 10.9. The molecule has 0 saturated carbocycles. The van der Waals surface area contributed by atoms with Crippen LogP contribution in [-0.4, -0.2) is 63.4 Å². The van der Waals surface area contributed by atoms with Crippen molar-refractivity contribution >= 4 is 17.6 Å². The van der Waals surface area contributed by atoms with Crippen molar-refractivity contribution in [1.29, 1.82) is 0 Å². The van der Waals surface area contributed by atoms with Crippen molar-refractivity contribution in [2.45, 2.75) is 31.8 Å². The van der Waals surface area contributed by atoms with Gasteiger partial charge in [0.25, 0.3) is 0 Å². The molecule has 1 aromatic heterocycles. The van der Waals surface area contributed by atoms with Gasteiger partial charge < -0.3 is 5.11 Å². The summed E-state index contributed by atoms with van der Waals surface area (Å²) in [6.07, 6.45) is 5.08. The van der Waals surface area contributed by atoms with E-state index in [2.05, 4.69) is 10.00 Å². The van der Waals surface area contributed by atoms with Gasteiger partial charge in [-0.2, -0.15) is 5.10 Å². The van der Waals surface area contributed by atoms with Crippen LogP contribution in [0.3, 0.4) is 0 Å². The fourth-order valence-electron chi connectivity index (χ4n) is 3.49. The number of aromatic nitrogens is 2. The molecule has 7 heteroatoms. The number of hydrogen-bond donors (Lipinski definition) is 1. The summed E-state index contributed by atoms with van der Waals surface area (Å²) in [5, 5.41) is 14.4.